The van der Waals surface area contributed by atoms with E-state index in [0.717, 1.165) is 4.70 Å². The maximum absolute atomic E-state index is 13.2. The zero-order chi connectivity index (χ0) is 19.6. The van der Waals surface area contributed by atoms with Crippen LogP contribution in [0.3, 0.4) is 0 Å². The molecule has 0 spiro atoms. The molecule has 0 aliphatic carbocycles. The molecule has 3 rings (SSSR count). The van der Waals surface area contributed by atoms with Crippen molar-refractivity contribution in [3.63, 3.8) is 0 Å². The van der Waals surface area contributed by atoms with Gasteiger partial charge < -0.3 is 4.90 Å². The van der Waals surface area contributed by atoms with Crippen molar-refractivity contribution in [2.45, 2.75) is 6.92 Å². The smallest absolute Gasteiger partial charge is 0.260 e. The van der Waals surface area contributed by atoms with Crippen molar-refractivity contribution >= 4 is 62.4 Å². The first kappa shape index (κ1) is 22.3. The van der Waals surface area contributed by atoms with Crippen LogP contribution in [0.5, 0.6) is 0 Å². The number of Topliss-reactive ketones (excluding diaryl/α,β-unsaturated/α-hetero) is 1. The number of aromatic nitrogens is 1. The molecule has 8 heteroatoms. The minimum Gasteiger partial charge on any atom is -0.308 e. The van der Waals surface area contributed by atoms with E-state index in [9.17, 15) is 9.59 Å². The van der Waals surface area contributed by atoms with Crippen molar-refractivity contribution in [3.8, 4) is 0 Å². The van der Waals surface area contributed by atoms with Gasteiger partial charge in [0.1, 0.15) is 5.52 Å². The van der Waals surface area contributed by atoms with E-state index in [1.807, 2.05) is 31.1 Å². The number of fused-ring (bicyclic) bond motifs is 1. The van der Waals surface area contributed by atoms with E-state index >= 15 is 0 Å². The Kier molecular flexibility index (Phi) is 7.55. The van der Waals surface area contributed by atoms with Crippen LogP contribution < -0.4 is 4.90 Å². The summed E-state index contributed by atoms with van der Waals surface area (Å²) in [5.74, 6) is -0.179. The van der Waals surface area contributed by atoms with Crippen LogP contribution in [0.15, 0.2) is 42.5 Å². The molecule has 0 bridgehead atoms. The number of thiazole rings is 1. The first-order valence-corrected chi connectivity index (χ1v) is 9.69. The van der Waals surface area contributed by atoms with Gasteiger partial charge in [-0.05, 0) is 45.3 Å². The van der Waals surface area contributed by atoms with E-state index in [0.29, 0.717) is 39.9 Å². The Bertz CT molecular complexity index is 987. The Labute approximate surface area is 179 Å². The summed E-state index contributed by atoms with van der Waals surface area (Å²) in [5, 5.41) is 1.18. The van der Waals surface area contributed by atoms with Crippen molar-refractivity contribution in [1.82, 2.24) is 9.88 Å². The predicted octanol–water partition coefficient (Wildman–Crippen LogP) is 4.78. The third-order valence-electron chi connectivity index (χ3n) is 4.14. The minimum absolute atomic E-state index is 0. The minimum atomic E-state index is -0.151. The second-order valence-corrected chi connectivity index (χ2v) is 7.89. The molecule has 1 aromatic heterocycles. The molecule has 3 aromatic rings. The van der Waals surface area contributed by atoms with Gasteiger partial charge in [-0.25, -0.2) is 4.98 Å². The highest BCUT2D eigenvalue weighted by Crippen LogP contribution is 2.33. The van der Waals surface area contributed by atoms with E-state index in [2.05, 4.69) is 4.98 Å². The number of carbonyl (C=O) groups excluding carboxylic acids is 2. The summed E-state index contributed by atoms with van der Waals surface area (Å²) in [7, 11) is 3.92. The molecule has 0 radical (unpaired) electrons. The monoisotopic (exact) mass is 437 g/mol. The van der Waals surface area contributed by atoms with Gasteiger partial charge in [-0.3, -0.25) is 14.5 Å². The lowest BCUT2D eigenvalue weighted by Gasteiger charge is -2.22. The lowest BCUT2D eigenvalue weighted by atomic mass is 10.1. The first-order chi connectivity index (χ1) is 12.9. The van der Waals surface area contributed by atoms with Crippen molar-refractivity contribution in [1.29, 1.82) is 0 Å². The number of carbonyl (C=O) groups is 2. The van der Waals surface area contributed by atoms with Crippen molar-refractivity contribution in [3.05, 3.63) is 58.6 Å². The van der Waals surface area contributed by atoms with E-state index in [4.69, 9.17) is 11.6 Å². The Balaban J connectivity index is 0.00000280. The molecule has 0 aliphatic rings. The lowest BCUT2D eigenvalue weighted by Crippen LogP contribution is -2.36. The lowest BCUT2D eigenvalue weighted by molar-refractivity contribution is 0.0981. The molecular formula is C20H21Cl2N3O2S. The third kappa shape index (κ3) is 4.89. The molecule has 148 valence electrons. The average molecular weight is 438 g/mol. The molecule has 0 saturated carbocycles. The van der Waals surface area contributed by atoms with Crippen LogP contribution in [-0.2, 0) is 0 Å². The SMILES string of the molecule is CC(=O)c1ccc(C(=O)N(CCN(C)C)c2nc3c(Cl)cccc3s2)cc1.Cl. The zero-order valence-corrected chi connectivity index (χ0v) is 18.2. The van der Waals surface area contributed by atoms with E-state index in [1.165, 1.54) is 18.3 Å². The highest BCUT2D eigenvalue weighted by Gasteiger charge is 2.22. The number of nitrogens with zero attached hydrogens (tertiary/aromatic N) is 3. The summed E-state index contributed by atoms with van der Waals surface area (Å²) in [6.45, 7) is 2.70. The standard InChI is InChI=1S/C20H20ClN3O2S.ClH/c1-13(25)14-7-9-15(10-8-14)19(26)24(12-11-23(2)3)20-22-18-16(21)5-4-6-17(18)27-20;/h4-10H,11-12H2,1-3H3;1H. The zero-order valence-electron chi connectivity index (χ0n) is 15.8. The van der Waals surface area contributed by atoms with Crippen molar-refractivity contribution in [2.24, 2.45) is 0 Å². The van der Waals surface area contributed by atoms with Gasteiger partial charge in [-0.15, -0.1) is 12.4 Å². The fraction of sp³-hybridized carbons (Fsp3) is 0.250. The van der Waals surface area contributed by atoms with Crippen LogP contribution in [0.4, 0.5) is 5.13 Å². The fourth-order valence-electron chi connectivity index (χ4n) is 2.61. The average Bonchev–Trinajstić information content (AvgIpc) is 3.07. The van der Waals surface area contributed by atoms with Crippen LogP contribution in [0.1, 0.15) is 27.6 Å². The highest BCUT2D eigenvalue weighted by atomic mass is 35.5. The summed E-state index contributed by atoms with van der Waals surface area (Å²) < 4.78 is 0.937. The number of likely N-dealkylation sites (N-methyl/N-ethyl adjacent to an activating group) is 1. The molecular weight excluding hydrogens is 417 g/mol. The second kappa shape index (κ2) is 9.47. The van der Waals surface area contributed by atoms with E-state index in [1.54, 1.807) is 35.2 Å². The summed E-state index contributed by atoms with van der Waals surface area (Å²) in [5.41, 5.74) is 1.80. The van der Waals surface area contributed by atoms with Gasteiger partial charge in [0.05, 0.1) is 9.72 Å². The molecule has 5 nitrogen and oxygen atoms in total. The molecule has 0 saturated heterocycles. The summed E-state index contributed by atoms with van der Waals surface area (Å²) in [6.07, 6.45) is 0. The van der Waals surface area contributed by atoms with Gasteiger partial charge in [-0.2, -0.15) is 0 Å². The van der Waals surface area contributed by atoms with Crippen molar-refractivity contribution < 1.29 is 9.59 Å². The summed E-state index contributed by atoms with van der Waals surface area (Å²) in [6, 6.07) is 12.3. The van der Waals surface area contributed by atoms with Gasteiger partial charge in [0.15, 0.2) is 10.9 Å². The Morgan fingerprint density at radius 2 is 1.68 bits per heavy atom. The summed E-state index contributed by atoms with van der Waals surface area (Å²) in [4.78, 5) is 32.9. The van der Waals surface area contributed by atoms with Crippen molar-refractivity contribution in [2.75, 3.05) is 32.1 Å². The van der Waals surface area contributed by atoms with Crippen LogP contribution in [0, 0.1) is 0 Å². The maximum Gasteiger partial charge on any atom is 0.260 e. The van der Waals surface area contributed by atoms with Crippen LogP contribution in [0.25, 0.3) is 10.2 Å². The van der Waals surface area contributed by atoms with Crippen LogP contribution in [0.2, 0.25) is 5.02 Å². The van der Waals surface area contributed by atoms with Gasteiger partial charge in [0, 0.05) is 24.2 Å². The van der Waals surface area contributed by atoms with Gasteiger partial charge in [0.25, 0.3) is 5.91 Å². The van der Waals surface area contributed by atoms with E-state index in [-0.39, 0.29) is 24.1 Å². The van der Waals surface area contributed by atoms with E-state index < -0.39 is 0 Å². The quantitative estimate of drug-likeness (QED) is 0.520. The van der Waals surface area contributed by atoms with Gasteiger partial charge in [-0.1, -0.05) is 41.1 Å². The van der Waals surface area contributed by atoms with Crippen LogP contribution >= 0.6 is 35.3 Å². The normalized spacial score (nSPS) is 10.8. The number of ketones is 1. The van der Waals surface area contributed by atoms with Gasteiger partial charge >= 0.3 is 0 Å². The molecule has 0 atom stereocenters. The number of anilines is 1. The number of amides is 1. The largest absolute Gasteiger partial charge is 0.308 e. The number of rotatable bonds is 6. The molecule has 1 heterocycles. The number of halogens is 2. The molecule has 1 amide bonds. The molecule has 0 fully saturated rings. The fourth-order valence-corrected chi connectivity index (χ4v) is 3.90. The number of hydrogen-bond acceptors (Lipinski definition) is 5. The number of hydrogen-bond donors (Lipinski definition) is 0. The Hall–Kier alpha value is -1.99. The topological polar surface area (TPSA) is 53.5 Å². The first-order valence-electron chi connectivity index (χ1n) is 8.49. The molecule has 0 N–H and O–H groups in total. The number of benzene rings is 2. The molecule has 2 aromatic carbocycles. The molecule has 0 unspecified atom stereocenters. The molecule has 0 aliphatic heterocycles. The van der Waals surface area contributed by atoms with Crippen LogP contribution in [-0.4, -0.2) is 48.8 Å². The number of para-hydroxylation sites is 1. The maximum atomic E-state index is 13.2. The highest BCUT2D eigenvalue weighted by molar-refractivity contribution is 7.22. The molecule has 28 heavy (non-hydrogen) atoms. The summed E-state index contributed by atoms with van der Waals surface area (Å²) >= 11 is 7.69. The Morgan fingerprint density at radius 3 is 2.25 bits per heavy atom. The van der Waals surface area contributed by atoms with Gasteiger partial charge in [0.2, 0.25) is 0 Å². The predicted molar refractivity (Wildman–Crippen MR) is 119 cm³/mol. The Morgan fingerprint density at radius 1 is 1.04 bits per heavy atom. The second-order valence-electron chi connectivity index (χ2n) is 6.48. The third-order valence-corrected chi connectivity index (χ3v) is 5.49.